The third-order valence-electron chi connectivity index (χ3n) is 4.10. The van der Waals surface area contributed by atoms with Crippen LogP contribution >= 0.6 is 23.1 Å². The lowest BCUT2D eigenvalue weighted by atomic mass is 10.0. The number of nitrogens with two attached hydrogens (primary N) is 1. The summed E-state index contributed by atoms with van der Waals surface area (Å²) in [6, 6.07) is -0.877. The minimum atomic E-state index is -1.19. The Morgan fingerprint density at radius 2 is 2.25 bits per heavy atom. The molecule has 1 aromatic heterocycles. The highest BCUT2D eigenvalue weighted by Gasteiger charge is 2.52. The predicted octanol–water partition coefficient (Wildman–Crippen LogP) is 0.0402. The van der Waals surface area contributed by atoms with Gasteiger partial charge in [0.2, 0.25) is 0 Å². The van der Waals surface area contributed by atoms with Crippen molar-refractivity contribution in [2.24, 2.45) is 0 Å². The van der Waals surface area contributed by atoms with Gasteiger partial charge in [-0.05, 0) is 6.08 Å². The van der Waals surface area contributed by atoms with Crippen LogP contribution in [0.4, 0.5) is 5.13 Å². The summed E-state index contributed by atoms with van der Waals surface area (Å²) in [4.78, 5) is 53.1. The molecule has 3 rings (SSSR count). The number of fused-ring (bicyclic) bond motifs is 1. The Morgan fingerprint density at radius 1 is 1.50 bits per heavy atom. The molecular weight excluding hydrogens is 408 g/mol. The smallest absolute Gasteiger partial charge is 0.352 e. The number of anilines is 1. The van der Waals surface area contributed by atoms with E-state index in [-0.39, 0.29) is 28.5 Å². The maximum atomic E-state index is 12.8. The van der Waals surface area contributed by atoms with E-state index < -0.39 is 35.2 Å². The number of hydrogen-bond donors (Lipinski definition) is 3. The fourth-order valence-electron chi connectivity index (χ4n) is 2.75. The topological polar surface area (TPSA) is 152 Å². The maximum absolute atomic E-state index is 12.8. The summed E-state index contributed by atoms with van der Waals surface area (Å²) in [6.07, 6.45) is 2.65. The van der Waals surface area contributed by atoms with E-state index in [9.17, 15) is 24.3 Å². The number of carboxylic acid groups (broad SMARTS) is 1. The maximum Gasteiger partial charge on any atom is 0.352 e. The standard InChI is InChI=1S/C16H16N4O6S2/c1-26-10(21)3-2-7(8-6-28-16(17)18-8)12(22)19-11-13(23)20-9(15(24)25)4-5-27-14(11)20/h2,4,6,11,14H,3,5H2,1H3,(H2,17,18)(H,19,22)(H,24,25)/b7-2-/t11-,14-/m1/s1. The second-order valence-electron chi connectivity index (χ2n) is 5.75. The Morgan fingerprint density at radius 3 is 2.86 bits per heavy atom. The van der Waals surface area contributed by atoms with E-state index in [1.54, 1.807) is 5.38 Å². The van der Waals surface area contributed by atoms with Gasteiger partial charge in [0.25, 0.3) is 11.8 Å². The minimum Gasteiger partial charge on any atom is -0.477 e. The molecule has 1 fully saturated rings. The van der Waals surface area contributed by atoms with Crippen molar-refractivity contribution in [1.29, 1.82) is 0 Å². The average molecular weight is 424 g/mol. The Balaban J connectivity index is 1.78. The first-order chi connectivity index (χ1) is 13.3. The molecule has 28 heavy (non-hydrogen) atoms. The van der Waals surface area contributed by atoms with Crippen LogP contribution in [-0.2, 0) is 23.9 Å². The lowest BCUT2D eigenvalue weighted by Gasteiger charge is -2.48. The number of thiazole rings is 1. The van der Waals surface area contributed by atoms with E-state index in [0.717, 1.165) is 16.2 Å². The number of thioether (sulfide) groups is 1. The van der Waals surface area contributed by atoms with Gasteiger partial charge in [-0.25, -0.2) is 9.78 Å². The zero-order chi connectivity index (χ0) is 20.4. The first kappa shape index (κ1) is 19.9. The number of methoxy groups -OCH3 is 1. The van der Waals surface area contributed by atoms with Crippen molar-refractivity contribution in [3.8, 4) is 0 Å². The fourth-order valence-corrected chi connectivity index (χ4v) is 4.51. The van der Waals surface area contributed by atoms with Gasteiger partial charge >= 0.3 is 11.9 Å². The fraction of sp³-hybridized carbons (Fsp3) is 0.312. The predicted molar refractivity (Wildman–Crippen MR) is 102 cm³/mol. The number of nitrogens with zero attached hydrogens (tertiary/aromatic N) is 2. The summed E-state index contributed by atoms with van der Waals surface area (Å²) in [6.45, 7) is 0. The number of carboxylic acids is 1. The van der Waals surface area contributed by atoms with Crippen LogP contribution in [-0.4, -0.2) is 63.0 Å². The summed E-state index contributed by atoms with van der Waals surface area (Å²) in [5.74, 6) is -2.45. The van der Waals surface area contributed by atoms with E-state index in [2.05, 4.69) is 15.0 Å². The van der Waals surface area contributed by atoms with Crippen molar-refractivity contribution in [2.75, 3.05) is 18.6 Å². The Hall–Kier alpha value is -2.86. The highest BCUT2D eigenvalue weighted by atomic mass is 32.2. The van der Waals surface area contributed by atoms with E-state index in [1.807, 2.05) is 0 Å². The SMILES string of the molecule is COC(=O)C/C=C(\C(=O)N[C@@H]1C(=O)N2C(C(=O)O)=CCS[C@H]12)c1csc(N)n1. The second kappa shape index (κ2) is 8.02. The number of hydrogen-bond acceptors (Lipinski definition) is 9. The first-order valence-electron chi connectivity index (χ1n) is 8.00. The van der Waals surface area contributed by atoms with Crippen molar-refractivity contribution >= 4 is 57.6 Å². The van der Waals surface area contributed by atoms with Gasteiger partial charge in [0, 0.05) is 11.1 Å². The molecule has 0 spiro atoms. The molecule has 4 N–H and O–H groups in total. The Bertz CT molecular complexity index is 909. The van der Waals surface area contributed by atoms with Gasteiger partial charge in [0.05, 0.1) is 24.8 Å². The van der Waals surface area contributed by atoms with Crippen LogP contribution in [0.1, 0.15) is 12.1 Å². The molecule has 2 amide bonds. The molecule has 2 atom stereocenters. The molecule has 0 bridgehead atoms. The summed E-state index contributed by atoms with van der Waals surface area (Å²) < 4.78 is 4.57. The third kappa shape index (κ3) is 3.73. The van der Waals surface area contributed by atoms with Crippen LogP contribution in [0.15, 0.2) is 23.2 Å². The van der Waals surface area contributed by atoms with Gasteiger partial charge < -0.3 is 20.9 Å². The van der Waals surface area contributed by atoms with Crippen LogP contribution in [0.25, 0.3) is 5.57 Å². The van der Waals surface area contributed by atoms with E-state index in [0.29, 0.717) is 5.75 Å². The molecule has 0 saturated carbocycles. The number of carbonyl (C=O) groups excluding carboxylic acids is 3. The van der Waals surface area contributed by atoms with Gasteiger partial charge in [0.15, 0.2) is 5.13 Å². The molecule has 0 aliphatic carbocycles. The molecule has 1 saturated heterocycles. The van der Waals surface area contributed by atoms with Crippen LogP contribution in [0.5, 0.6) is 0 Å². The normalized spacial score (nSPS) is 21.3. The van der Waals surface area contributed by atoms with Gasteiger partial charge in [-0.2, -0.15) is 0 Å². The number of aromatic nitrogens is 1. The van der Waals surface area contributed by atoms with Crippen molar-refractivity contribution < 1.29 is 29.0 Å². The van der Waals surface area contributed by atoms with Crippen LogP contribution < -0.4 is 11.1 Å². The van der Waals surface area contributed by atoms with Gasteiger partial charge in [-0.3, -0.25) is 19.3 Å². The number of nitrogen functional groups attached to an aromatic ring is 1. The van der Waals surface area contributed by atoms with E-state index in [4.69, 9.17) is 5.73 Å². The van der Waals surface area contributed by atoms with Crippen LogP contribution in [0.3, 0.4) is 0 Å². The van der Waals surface area contributed by atoms with Crippen LogP contribution in [0, 0.1) is 0 Å². The highest BCUT2D eigenvalue weighted by Crippen LogP contribution is 2.37. The van der Waals surface area contributed by atoms with Crippen molar-refractivity contribution in [2.45, 2.75) is 17.8 Å². The summed E-state index contributed by atoms with van der Waals surface area (Å²) >= 11 is 2.47. The number of nitrogens with one attached hydrogen (secondary N) is 1. The molecule has 0 radical (unpaired) electrons. The monoisotopic (exact) mass is 424 g/mol. The third-order valence-corrected chi connectivity index (χ3v) is 5.95. The first-order valence-corrected chi connectivity index (χ1v) is 9.93. The van der Waals surface area contributed by atoms with Crippen LogP contribution in [0.2, 0.25) is 0 Å². The lowest BCUT2D eigenvalue weighted by molar-refractivity contribution is -0.150. The molecule has 148 valence electrons. The molecule has 12 heteroatoms. The number of esters is 1. The molecule has 3 heterocycles. The number of rotatable bonds is 6. The molecule has 0 aromatic carbocycles. The molecule has 2 aliphatic heterocycles. The number of amides is 2. The molecule has 0 unspecified atom stereocenters. The number of ether oxygens (including phenoxy) is 1. The average Bonchev–Trinajstić information content (AvgIpc) is 3.10. The lowest BCUT2D eigenvalue weighted by Crippen LogP contribution is -2.70. The summed E-state index contributed by atoms with van der Waals surface area (Å²) in [5, 5.41) is 13.1. The van der Waals surface area contributed by atoms with E-state index >= 15 is 0 Å². The molecule has 1 aromatic rings. The summed E-state index contributed by atoms with van der Waals surface area (Å²) in [7, 11) is 1.23. The zero-order valence-corrected chi connectivity index (χ0v) is 16.2. The van der Waals surface area contributed by atoms with Gasteiger partial charge in [-0.15, -0.1) is 23.1 Å². The zero-order valence-electron chi connectivity index (χ0n) is 14.6. The number of carbonyl (C=O) groups is 4. The van der Waals surface area contributed by atoms with E-state index in [1.165, 1.54) is 31.0 Å². The Kier molecular flexibility index (Phi) is 5.70. The summed E-state index contributed by atoms with van der Waals surface area (Å²) in [5.41, 5.74) is 5.89. The second-order valence-corrected chi connectivity index (χ2v) is 7.79. The van der Waals surface area contributed by atoms with Gasteiger partial charge in [-0.1, -0.05) is 6.08 Å². The number of aliphatic carboxylic acids is 1. The van der Waals surface area contributed by atoms with Gasteiger partial charge in [0.1, 0.15) is 17.1 Å². The van der Waals surface area contributed by atoms with Crippen molar-refractivity contribution in [3.05, 3.63) is 28.9 Å². The van der Waals surface area contributed by atoms with Crippen molar-refractivity contribution in [3.63, 3.8) is 0 Å². The molecule has 10 nitrogen and oxygen atoms in total. The molecular formula is C16H16N4O6S2. The Labute approximate surface area is 167 Å². The largest absolute Gasteiger partial charge is 0.477 e. The quantitative estimate of drug-likeness (QED) is 0.326. The molecule has 2 aliphatic rings. The number of β-lactam (4-membered cyclic amide) rings is 1. The minimum absolute atomic E-state index is 0.0828. The highest BCUT2D eigenvalue weighted by molar-refractivity contribution is 8.00. The van der Waals surface area contributed by atoms with Crippen molar-refractivity contribution in [1.82, 2.24) is 15.2 Å².